The van der Waals surface area contributed by atoms with Gasteiger partial charge in [-0.3, -0.25) is 4.79 Å². The van der Waals surface area contributed by atoms with Gasteiger partial charge in [0.05, 0.1) is 7.11 Å². The zero-order chi connectivity index (χ0) is 16.1. The highest BCUT2D eigenvalue weighted by molar-refractivity contribution is 5.77. The molecule has 1 aromatic carbocycles. The smallest absolute Gasteiger partial charge is 0.222 e. The molecule has 22 heavy (non-hydrogen) atoms. The van der Waals surface area contributed by atoms with E-state index in [9.17, 15) is 4.79 Å². The molecule has 1 atom stereocenters. The minimum Gasteiger partial charge on any atom is -0.496 e. The summed E-state index contributed by atoms with van der Waals surface area (Å²) in [7, 11) is 3.63. The van der Waals surface area contributed by atoms with E-state index in [-0.39, 0.29) is 5.91 Å². The fraction of sp³-hybridized carbons (Fsp3) is 0.632. The van der Waals surface area contributed by atoms with E-state index < -0.39 is 0 Å². The molecule has 0 aliphatic heterocycles. The monoisotopic (exact) mass is 303 g/mol. The number of hydrogen-bond acceptors (Lipinski definition) is 2. The summed E-state index contributed by atoms with van der Waals surface area (Å²) in [6, 6.07) is 6.36. The zero-order valence-electron chi connectivity index (χ0n) is 14.4. The molecule has 3 heteroatoms. The highest BCUT2D eigenvalue weighted by Gasteiger charge is 2.34. The van der Waals surface area contributed by atoms with Gasteiger partial charge in [-0.2, -0.15) is 0 Å². The topological polar surface area (TPSA) is 29.5 Å². The molecule has 0 N–H and O–H groups in total. The van der Waals surface area contributed by atoms with Crippen molar-refractivity contribution < 1.29 is 9.53 Å². The van der Waals surface area contributed by atoms with Crippen LogP contribution in [0.1, 0.15) is 56.1 Å². The fourth-order valence-electron chi connectivity index (χ4n) is 3.05. The van der Waals surface area contributed by atoms with Gasteiger partial charge in [0.1, 0.15) is 5.75 Å². The van der Waals surface area contributed by atoms with E-state index in [1.807, 2.05) is 18.0 Å². The quantitative estimate of drug-likeness (QED) is 0.722. The summed E-state index contributed by atoms with van der Waals surface area (Å²) in [4.78, 5) is 14.4. The van der Waals surface area contributed by atoms with Gasteiger partial charge in [0.2, 0.25) is 5.91 Å². The molecule has 0 bridgehead atoms. The van der Waals surface area contributed by atoms with Crippen molar-refractivity contribution in [1.82, 2.24) is 4.90 Å². The predicted octanol–water partition coefficient (Wildman–Crippen LogP) is 4.15. The number of rotatable bonds is 8. The van der Waals surface area contributed by atoms with Crippen molar-refractivity contribution in [3.8, 4) is 5.75 Å². The summed E-state index contributed by atoms with van der Waals surface area (Å²) < 4.78 is 5.34. The van der Waals surface area contributed by atoms with E-state index >= 15 is 0 Å². The molecule has 1 unspecified atom stereocenters. The first-order chi connectivity index (χ1) is 10.6. The maximum atomic E-state index is 12.5. The van der Waals surface area contributed by atoms with E-state index in [2.05, 4.69) is 26.0 Å². The molecule has 1 saturated carbocycles. The molecular formula is C19H29NO2. The number of ether oxygens (including phenoxy) is 1. The van der Waals surface area contributed by atoms with E-state index in [1.54, 1.807) is 7.11 Å². The van der Waals surface area contributed by atoms with Crippen LogP contribution in [0, 0.1) is 12.8 Å². The first-order valence-electron chi connectivity index (χ1n) is 8.45. The van der Waals surface area contributed by atoms with Gasteiger partial charge >= 0.3 is 0 Å². The molecule has 1 aliphatic carbocycles. The van der Waals surface area contributed by atoms with Crippen LogP contribution in [0.4, 0.5) is 0 Å². The number of methoxy groups -OCH3 is 1. The Balaban J connectivity index is 2.07. The lowest BCUT2D eigenvalue weighted by Crippen LogP contribution is -2.29. The summed E-state index contributed by atoms with van der Waals surface area (Å²) in [5.41, 5.74) is 2.44. The lowest BCUT2D eigenvalue weighted by Gasteiger charge is -2.22. The highest BCUT2D eigenvalue weighted by Crippen LogP contribution is 2.45. The number of amides is 1. The Labute approximate surface area is 134 Å². The van der Waals surface area contributed by atoms with E-state index in [0.29, 0.717) is 18.3 Å². The Kier molecular flexibility index (Phi) is 5.87. The number of nitrogens with zero attached hydrogens (tertiary/aromatic N) is 1. The van der Waals surface area contributed by atoms with Crippen LogP contribution < -0.4 is 4.74 Å². The highest BCUT2D eigenvalue weighted by atomic mass is 16.5. The van der Waals surface area contributed by atoms with E-state index in [4.69, 9.17) is 4.74 Å². The fourth-order valence-corrected chi connectivity index (χ4v) is 3.05. The number of carbonyl (C=O) groups excluding carboxylic acids is 1. The van der Waals surface area contributed by atoms with Crippen molar-refractivity contribution in [2.24, 2.45) is 5.92 Å². The molecule has 1 aromatic rings. The number of unbranched alkanes of at least 4 members (excludes halogenated alkanes) is 1. The maximum absolute atomic E-state index is 12.5. The average Bonchev–Trinajstić information content (AvgIpc) is 3.34. The largest absolute Gasteiger partial charge is 0.496 e. The lowest BCUT2D eigenvalue weighted by molar-refractivity contribution is -0.130. The summed E-state index contributed by atoms with van der Waals surface area (Å²) >= 11 is 0. The minimum atomic E-state index is 0.277. The Morgan fingerprint density at radius 2 is 2.14 bits per heavy atom. The van der Waals surface area contributed by atoms with Crippen LogP contribution >= 0.6 is 0 Å². The molecule has 0 radical (unpaired) electrons. The molecule has 3 nitrogen and oxygen atoms in total. The Morgan fingerprint density at radius 3 is 2.68 bits per heavy atom. The van der Waals surface area contributed by atoms with Crippen molar-refractivity contribution in [2.45, 2.75) is 51.9 Å². The van der Waals surface area contributed by atoms with Gasteiger partial charge < -0.3 is 9.64 Å². The van der Waals surface area contributed by atoms with Crippen LogP contribution in [0.5, 0.6) is 5.75 Å². The second-order valence-electron chi connectivity index (χ2n) is 6.55. The summed E-state index contributed by atoms with van der Waals surface area (Å²) in [6.07, 6.45) is 5.35. The third-order valence-electron chi connectivity index (χ3n) is 4.71. The van der Waals surface area contributed by atoms with Gasteiger partial charge in [-0.1, -0.05) is 25.5 Å². The van der Waals surface area contributed by atoms with Gasteiger partial charge in [-0.25, -0.2) is 0 Å². The third kappa shape index (κ3) is 4.25. The number of hydrogen-bond donors (Lipinski definition) is 0. The molecule has 0 spiro atoms. The second-order valence-corrected chi connectivity index (χ2v) is 6.55. The Bertz CT molecular complexity index is 508. The third-order valence-corrected chi connectivity index (χ3v) is 4.71. The Hall–Kier alpha value is -1.51. The van der Waals surface area contributed by atoms with E-state index in [1.165, 1.54) is 18.4 Å². The maximum Gasteiger partial charge on any atom is 0.222 e. The Morgan fingerprint density at radius 1 is 1.41 bits per heavy atom. The predicted molar refractivity (Wildman–Crippen MR) is 90.4 cm³/mol. The average molecular weight is 303 g/mol. The summed E-state index contributed by atoms with van der Waals surface area (Å²) in [5.74, 6) is 2.24. The van der Waals surface area contributed by atoms with Crippen LogP contribution in [0.25, 0.3) is 0 Å². The summed E-state index contributed by atoms with van der Waals surface area (Å²) in [5, 5.41) is 0. The standard InChI is InChI=1S/C19H29NO2/c1-5-6-11-20(3)19(21)13-17(15-7-8-15)16-9-10-18(22-4)14(2)12-16/h9-10,12,15,17H,5-8,11,13H2,1-4H3. The molecule has 122 valence electrons. The first-order valence-corrected chi connectivity index (χ1v) is 8.45. The zero-order valence-corrected chi connectivity index (χ0v) is 14.4. The van der Waals surface area contributed by atoms with Crippen LogP contribution in [0.2, 0.25) is 0 Å². The van der Waals surface area contributed by atoms with Crippen LogP contribution in [-0.2, 0) is 4.79 Å². The van der Waals surface area contributed by atoms with Crippen LogP contribution in [0.15, 0.2) is 18.2 Å². The molecule has 1 fully saturated rings. The molecule has 0 aromatic heterocycles. The van der Waals surface area contributed by atoms with Gasteiger partial charge in [0.25, 0.3) is 0 Å². The normalized spacial score (nSPS) is 15.5. The van der Waals surface area contributed by atoms with Crippen molar-refractivity contribution in [2.75, 3.05) is 20.7 Å². The number of benzene rings is 1. The van der Waals surface area contributed by atoms with Crippen LogP contribution in [-0.4, -0.2) is 31.5 Å². The lowest BCUT2D eigenvalue weighted by atomic mass is 9.89. The van der Waals surface area contributed by atoms with Crippen molar-refractivity contribution in [1.29, 1.82) is 0 Å². The van der Waals surface area contributed by atoms with Crippen LogP contribution in [0.3, 0.4) is 0 Å². The molecule has 0 heterocycles. The second kappa shape index (κ2) is 7.66. The SMILES string of the molecule is CCCCN(C)C(=O)CC(c1ccc(OC)c(C)c1)C1CC1. The van der Waals surface area contributed by atoms with Gasteiger partial charge in [0, 0.05) is 20.0 Å². The molecular weight excluding hydrogens is 274 g/mol. The van der Waals surface area contributed by atoms with Gasteiger partial charge in [-0.05, 0) is 55.2 Å². The van der Waals surface area contributed by atoms with E-state index in [0.717, 1.165) is 30.7 Å². The molecule has 1 aliphatic rings. The molecule has 1 amide bonds. The molecule has 0 saturated heterocycles. The van der Waals surface area contributed by atoms with Gasteiger partial charge in [0.15, 0.2) is 0 Å². The minimum absolute atomic E-state index is 0.277. The summed E-state index contributed by atoms with van der Waals surface area (Å²) in [6.45, 7) is 5.10. The van der Waals surface area contributed by atoms with Crippen molar-refractivity contribution >= 4 is 5.91 Å². The van der Waals surface area contributed by atoms with Crippen molar-refractivity contribution in [3.05, 3.63) is 29.3 Å². The molecule has 2 rings (SSSR count). The van der Waals surface area contributed by atoms with Crippen molar-refractivity contribution in [3.63, 3.8) is 0 Å². The number of aryl methyl sites for hydroxylation is 1. The number of carbonyl (C=O) groups is 1. The first kappa shape index (κ1) is 16.9. The van der Waals surface area contributed by atoms with Gasteiger partial charge in [-0.15, -0.1) is 0 Å².